The second kappa shape index (κ2) is 37.1. The van der Waals surface area contributed by atoms with Crippen LogP contribution in [0.3, 0.4) is 0 Å². The Kier molecular flexibility index (Phi) is 33.2. The van der Waals surface area contributed by atoms with Crippen molar-refractivity contribution in [1.29, 1.82) is 0 Å². The van der Waals surface area contributed by atoms with E-state index in [9.17, 15) is 67.1 Å². The van der Waals surface area contributed by atoms with Gasteiger partial charge in [-0.15, -0.1) is 0 Å². The number of carbonyl (C=O) groups excluding carboxylic acids is 14. The molecule has 0 bridgehead atoms. The molecule has 0 aliphatic rings. The van der Waals surface area contributed by atoms with Gasteiger partial charge in [0.05, 0.1) is 14.2 Å². The van der Waals surface area contributed by atoms with Crippen LogP contribution in [0.25, 0.3) is 0 Å². The number of methoxy groups -OCH3 is 2. The van der Waals surface area contributed by atoms with E-state index >= 15 is 0 Å². The summed E-state index contributed by atoms with van der Waals surface area (Å²) in [7, 11) is 2.22. The quantitative estimate of drug-likeness (QED) is 0.0130. The zero-order valence-corrected chi connectivity index (χ0v) is 44.2. The smallest absolute Gasteiger partial charge is 0.305 e. The van der Waals surface area contributed by atoms with E-state index in [1.54, 1.807) is 6.26 Å². The van der Waals surface area contributed by atoms with Gasteiger partial charge in [0.2, 0.25) is 82.8 Å². The molecule has 0 aromatic rings. The average molecular weight is 1090 g/mol. The minimum absolute atomic E-state index is 0.0301. The number of amides is 12. The van der Waals surface area contributed by atoms with Crippen LogP contribution in [0.2, 0.25) is 0 Å². The molecular weight excluding hydrogens is 1010 g/mol. The normalized spacial score (nSPS) is 12.8. The van der Waals surface area contributed by atoms with Crippen molar-refractivity contribution in [2.24, 2.45) is 21.5 Å². The molecule has 6 unspecified atom stereocenters. The summed E-state index contributed by atoms with van der Waals surface area (Å²) in [6, 6.07) is -8.87. The molecule has 12 amide bonds. The van der Waals surface area contributed by atoms with Crippen LogP contribution in [-0.4, -0.2) is 170 Å². The van der Waals surface area contributed by atoms with E-state index in [-0.39, 0.29) is 82.1 Å². The maximum absolute atomic E-state index is 14.2. The Balaban J connectivity index is 6.95. The minimum Gasteiger partial charge on any atom is -0.469 e. The predicted octanol–water partition coefficient (Wildman–Crippen LogP) is -4.86. The summed E-state index contributed by atoms with van der Waals surface area (Å²) in [5, 5.41) is 24.1. The molecule has 0 heterocycles. The van der Waals surface area contributed by atoms with Crippen molar-refractivity contribution in [3.8, 4) is 0 Å². The Labute approximate surface area is 437 Å². The van der Waals surface area contributed by atoms with E-state index in [4.69, 9.17) is 11.5 Å². The number of nitrogens with two attached hydrogens (primary N) is 2. The van der Waals surface area contributed by atoms with Crippen molar-refractivity contribution >= 4 is 107 Å². The number of nitrogens with one attached hydrogen (secondary N) is 10. The summed E-state index contributed by atoms with van der Waals surface area (Å²) in [5.41, 5.74) is 11.0. The standard InChI is InChI=1S/C44H72N14O16S/c1-23(59)49-30(14-17-35(65)73-6)39(69)57-32(15-18-36(66)74-7)41(71)58-33(19-22-75-8)42(72)56-31(13-16-34(45)64)40(70)55-29(12-10-21-48-44(52-26(4)62)53-27(5)63)38(68)54-28(37(46)67)11-9-20-47-43(50-24(2)60)51-25(3)61/h28-33H,9-22H2,1-8H3,(H2,45,64)(H2,46,67)(H,49,59)(H,54,68)(H,55,70)(H,56,72)(H,57,69)(H,58,71)(H2,47,50,51,60,61)(H2,48,52,53,62,63). The number of rotatable bonds is 32. The molecule has 0 spiro atoms. The highest BCUT2D eigenvalue weighted by Crippen LogP contribution is 2.10. The van der Waals surface area contributed by atoms with Crippen LogP contribution in [0.1, 0.15) is 105 Å². The van der Waals surface area contributed by atoms with E-state index in [0.717, 1.165) is 21.1 Å². The zero-order chi connectivity index (χ0) is 57.2. The van der Waals surface area contributed by atoms with Crippen molar-refractivity contribution in [1.82, 2.24) is 53.2 Å². The summed E-state index contributed by atoms with van der Waals surface area (Å²) in [5.74, 6) is -11.2. The summed E-state index contributed by atoms with van der Waals surface area (Å²) in [6.45, 7) is 5.60. The van der Waals surface area contributed by atoms with Crippen molar-refractivity contribution < 1.29 is 76.6 Å². The van der Waals surface area contributed by atoms with Crippen molar-refractivity contribution in [2.45, 2.75) is 141 Å². The van der Waals surface area contributed by atoms with Gasteiger partial charge in [0, 0.05) is 67.0 Å². The Morgan fingerprint density at radius 1 is 0.427 bits per heavy atom. The molecule has 0 rings (SSSR count). The Morgan fingerprint density at radius 3 is 1.04 bits per heavy atom. The molecule has 0 fully saturated rings. The first-order valence-corrected chi connectivity index (χ1v) is 24.8. The van der Waals surface area contributed by atoms with Crippen LogP contribution in [0, 0.1) is 0 Å². The molecule has 14 N–H and O–H groups in total. The highest BCUT2D eigenvalue weighted by atomic mass is 32.2. The number of thioether (sulfide) groups is 1. The van der Waals surface area contributed by atoms with Gasteiger partial charge >= 0.3 is 11.9 Å². The number of nitrogens with zero attached hydrogens (tertiary/aromatic N) is 2. The Morgan fingerprint density at radius 2 is 0.733 bits per heavy atom. The average Bonchev–Trinajstić information content (AvgIpc) is 3.31. The maximum atomic E-state index is 14.2. The van der Waals surface area contributed by atoms with Crippen LogP contribution in [0.4, 0.5) is 0 Å². The molecular formula is C44H72N14O16S. The molecule has 0 aromatic carbocycles. The molecule has 0 radical (unpaired) electrons. The van der Waals surface area contributed by atoms with Gasteiger partial charge in [-0.2, -0.15) is 11.8 Å². The largest absolute Gasteiger partial charge is 0.469 e. The molecule has 0 aromatic heterocycles. The van der Waals surface area contributed by atoms with Gasteiger partial charge in [-0.05, 0) is 63.4 Å². The topological polar surface area (TPSA) is 454 Å². The third-order valence-electron chi connectivity index (χ3n) is 9.92. The summed E-state index contributed by atoms with van der Waals surface area (Å²) < 4.78 is 9.30. The van der Waals surface area contributed by atoms with Gasteiger partial charge in [0.1, 0.15) is 36.3 Å². The van der Waals surface area contributed by atoms with Gasteiger partial charge < -0.3 is 52.8 Å². The van der Waals surface area contributed by atoms with Gasteiger partial charge in [-0.25, -0.2) is 0 Å². The summed E-state index contributed by atoms with van der Waals surface area (Å²) in [6.07, 6.45) is -0.944. The van der Waals surface area contributed by atoms with Crippen LogP contribution in [0.15, 0.2) is 9.98 Å². The number of hydrogen-bond acceptors (Lipinski definition) is 19. The lowest BCUT2D eigenvalue weighted by Crippen LogP contribution is -2.59. The van der Waals surface area contributed by atoms with E-state index < -0.39 is 138 Å². The van der Waals surface area contributed by atoms with Crippen LogP contribution in [0.5, 0.6) is 0 Å². The predicted molar refractivity (Wildman–Crippen MR) is 269 cm³/mol. The highest BCUT2D eigenvalue weighted by molar-refractivity contribution is 7.98. The van der Waals surface area contributed by atoms with E-state index in [0.29, 0.717) is 0 Å². The summed E-state index contributed by atoms with van der Waals surface area (Å²) in [4.78, 5) is 185. The highest BCUT2D eigenvalue weighted by Gasteiger charge is 2.34. The van der Waals surface area contributed by atoms with E-state index in [1.807, 2.05) is 0 Å². The molecule has 0 aliphatic carbocycles. The first-order chi connectivity index (χ1) is 35.2. The number of primary amides is 2. The number of aliphatic imine (C=N–C) groups is 2. The lowest BCUT2D eigenvalue weighted by molar-refractivity contribution is -0.142. The number of esters is 2. The number of guanidine groups is 2. The van der Waals surface area contributed by atoms with Gasteiger partial charge in [-0.3, -0.25) is 98.4 Å². The fraction of sp³-hybridized carbons (Fsp3) is 0.636. The molecule has 0 aliphatic heterocycles. The molecule has 0 saturated heterocycles. The lowest BCUT2D eigenvalue weighted by Gasteiger charge is -2.27. The van der Waals surface area contributed by atoms with Gasteiger partial charge in [0.25, 0.3) is 0 Å². The fourth-order valence-electron chi connectivity index (χ4n) is 6.35. The minimum atomic E-state index is -1.63. The number of ether oxygens (including phenoxy) is 2. The molecule has 0 saturated carbocycles. The van der Waals surface area contributed by atoms with E-state index in [2.05, 4.69) is 72.6 Å². The molecule has 30 nitrogen and oxygen atoms in total. The van der Waals surface area contributed by atoms with Gasteiger partial charge in [0.15, 0.2) is 0 Å². The lowest BCUT2D eigenvalue weighted by atomic mass is 10.0. The van der Waals surface area contributed by atoms with Crippen molar-refractivity contribution in [3.05, 3.63) is 0 Å². The zero-order valence-electron chi connectivity index (χ0n) is 43.4. The molecule has 420 valence electrons. The van der Waals surface area contributed by atoms with Gasteiger partial charge in [-0.1, -0.05) is 0 Å². The monoisotopic (exact) mass is 1080 g/mol. The molecule has 75 heavy (non-hydrogen) atoms. The number of carbonyl (C=O) groups is 14. The van der Waals surface area contributed by atoms with Crippen LogP contribution in [-0.2, 0) is 76.6 Å². The molecule has 31 heteroatoms. The Hall–Kier alpha value is -7.73. The second-order valence-corrected chi connectivity index (χ2v) is 17.4. The maximum Gasteiger partial charge on any atom is 0.305 e. The number of hydrogen-bond donors (Lipinski definition) is 12. The Bertz CT molecular complexity index is 2090. The van der Waals surface area contributed by atoms with Crippen LogP contribution < -0.4 is 64.6 Å². The van der Waals surface area contributed by atoms with E-state index in [1.165, 1.54) is 39.5 Å². The first-order valence-electron chi connectivity index (χ1n) is 23.4. The van der Waals surface area contributed by atoms with Crippen molar-refractivity contribution in [3.63, 3.8) is 0 Å². The fourth-order valence-corrected chi connectivity index (χ4v) is 6.82. The third kappa shape index (κ3) is 31.5. The van der Waals surface area contributed by atoms with Crippen molar-refractivity contribution in [2.75, 3.05) is 39.3 Å². The summed E-state index contributed by atoms with van der Waals surface area (Å²) >= 11 is 1.27. The third-order valence-corrected chi connectivity index (χ3v) is 10.6. The SMILES string of the molecule is COC(=O)CCC(NC(C)=O)C(=O)NC(CCC(=O)OC)C(=O)NC(CCSC)C(=O)NC(CCC(N)=O)C(=O)NC(CCCN=C(NC(C)=O)NC(C)=O)C(=O)NC(CCCN=C(NC(C)=O)NC(C)=O)C(N)=O. The second-order valence-electron chi connectivity index (χ2n) is 16.4. The first kappa shape index (κ1) is 67.3. The molecule has 6 atom stereocenters. The van der Waals surface area contributed by atoms with Crippen LogP contribution >= 0.6 is 11.8 Å².